The van der Waals surface area contributed by atoms with Gasteiger partial charge in [-0.1, -0.05) is 12.1 Å². The van der Waals surface area contributed by atoms with Crippen LogP contribution in [0, 0.1) is 11.8 Å². The highest BCUT2D eigenvalue weighted by molar-refractivity contribution is 5.89. The van der Waals surface area contributed by atoms with Crippen molar-refractivity contribution in [1.82, 2.24) is 15.1 Å². The molecule has 2 fully saturated rings. The number of amides is 1. The molecule has 5 rings (SSSR count). The number of nitrogens with zero attached hydrogens (tertiary/aromatic N) is 3. The lowest BCUT2D eigenvalue weighted by atomic mass is 9.64. The van der Waals surface area contributed by atoms with E-state index in [1.54, 1.807) is 6.20 Å². The van der Waals surface area contributed by atoms with Crippen LogP contribution in [0.2, 0.25) is 0 Å². The van der Waals surface area contributed by atoms with Gasteiger partial charge in [-0.25, -0.2) is 4.98 Å². The molecule has 9 heteroatoms. The number of fused-ring (bicyclic) bond motifs is 3. The third kappa shape index (κ3) is 3.23. The molecule has 2 saturated carbocycles. The van der Waals surface area contributed by atoms with Gasteiger partial charge >= 0.3 is 11.8 Å². The summed E-state index contributed by atoms with van der Waals surface area (Å²) in [6.07, 6.45) is 7.11. The second kappa shape index (κ2) is 6.69. The van der Waals surface area contributed by atoms with E-state index >= 15 is 0 Å². The Morgan fingerprint density at radius 1 is 1.45 bits per heavy atom. The molecule has 29 heavy (non-hydrogen) atoms. The van der Waals surface area contributed by atoms with Crippen molar-refractivity contribution >= 4 is 17.4 Å². The minimum atomic E-state index is -0.753. The van der Waals surface area contributed by atoms with E-state index in [1.807, 2.05) is 0 Å². The van der Waals surface area contributed by atoms with Crippen LogP contribution in [-0.2, 0) is 6.42 Å². The van der Waals surface area contributed by atoms with Crippen LogP contribution in [-0.4, -0.2) is 44.3 Å². The van der Waals surface area contributed by atoms with Crippen molar-refractivity contribution in [3.63, 3.8) is 0 Å². The van der Waals surface area contributed by atoms with E-state index in [9.17, 15) is 9.90 Å². The third-order valence-electron chi connectivity index (χ3n) is 6.62. The molecule has 154 valence electrons. The SMILES string of the molecule is CC1C[C@H]2C[C@](O)(CC[C@@H]2Nc2c(-c3noc(C(N)=O)n3)cnc3c2CCN3)C1. The van der Waals surface area contributed by atoms with Crippen LogP contribution in [0.15, 0.2) is 10.7 Å². The third-order valence-corrected chi connectivity index (χ3v) is 6.62. The van der Waals surface area contributed by atoms with Crippen LogP contribution in [0.1, 0.15) is 55.3 Å². The van der Waals surface area contributed by atoms with Crippen molar-refractivity contribution in [3.05, 3.63) is 17.7 Å². The maximum absolute atomic E-state index is 11.4. The summed E-state index contributed by atoms with van der Waals surface area (Å²) >= 11 is 0. The minimum absolute atomic E-state index is 0.214. The summed E-state index contributed by atoms with van der Waals surface area (Å²) in [5.41, 5.74) is 7.48. The number of aliphatic hydroxyl groups is 1. The average molecular weight is 398 g/mol. The lowest BCUT2D eigenvalue weighted by Gasteiger charge is -2.48. The van der Waals surface area contributed by atoms with Gasteiger partial charge < -0.3 is 26.0 Å². The predicted octanol–water partition coefficient (Wildman–Crippen LogP) is 1.94. The highest BCUT2D eigenvalue weighted by atomic mass is 16.5. The molecule has 0 radical (unpaired) electrons. The Morgan fingerprint density at radius 2 is 2.31 bits per heavy atom. The fourth-order valence-corrected chi connectivity index (χ4v) is 5.47. The fraction of sp³-hybridized carbons (Fsp3) is 0.600. The van der Waals surface area contributed by atoms with Crippen molar-refractivity contribution in [3.8, 4) is 11.4 Å². The summed E-state index contributed by atoms with van der Waals surface area (Å²) in [5, 5.41) is 21.9. The molecule has 2 aromatic heterocycles. The summed E-state index contributed by atoms with van der Waals surface area (Å²) in [6, 6.07) is 0.256. The summed E-state index contributed by atoms with van der Waals surface area (Å²) in [7, 11) is 0. The van der Waals surface area contributed by atoms with Gasteiger partial charge in [0.1, 0.15) is 5.82 Å². The number of aromatic nitrogens is 3. The summed E-state index contributed by atoms with van der Waals surface area (Å²) < 4.78 is 5.00. The van der Waals surface area contributed by atoms with E-state index in [0.717, 1.165) is 62.1 Å². The quantitative estimate of drug-likeness (QED) is 0.613. The zero-order valence-corrected chi connectivity index (χ0v) is 16.4. The van der Waals surface area contributed by atoms with Crippen molar-refractivity contribution in [2.45, 2.75) is 57.1 Å². The van der Waals surface area contributed by atoms with E-state index in [4.69, 9.17) is 10.3 Å². The smallest absolute Gasteiger partial charge is 0.316 e. The van der Waals surface area contributed by atoms with Gasteiger partial charge in [0, 0.05) is 24.3 Å². The van der Waals surface area contributed by atoms with E-state index in [0.29, 0.717) is 23.2 Å². The summed E-state index contributed by atoms with van der Waals surface area (Å²) in [4.78, 5) is 20.0. The zero-order chi connectivity index (χ0) is 20.2. The molecule has 3 aliphatic rings. The van der Waals surface area contributed by atoms with E-state index in [-0.39, 0.29) is 11.9 Å². The van der Waals surface area contributed by atoms with Crippen molar-refractivity contribution in [2.24, 2.45) is 17.6 Å². The summed E-state index contributed by atoms with van der Waals surface area (Å²) in [5.74, 6) is 1.12. The number of hydrogen-bond donors (Lipinski definition) is 4. The van der Waals surface area contributed by atoms with Crippen molar-refractivity contribution < 1.29 is 14.4 Å². The molecule has 2 aromatic rings. The minimum Gasteiger partial charge on any atom is -0.390 e. The Kier molecular flexibility index (Phi) is 4.23. The molecule has 2 bridgehead atoms. The van der Waals surface area contributed by atoms with E-state index in [1.165, 1.54) is 0 Å². The van der Waals surface area contributed by atoms with Gasteiger partial charge in [0.15, 0.2) is 0 Å². The number of hydrogen-bond acceptors (Lipinski definition) is 8. The molecular weight excluding hydrogens is 372 g/mol. The van der Waals surface area contributed by atoms with Gasteiger partial charge in [0.25, 0.3) is 0 Å². The first-order valence-corrected chi connectivity index (χ1v) is 10.3. The van der Waals surface area contributed by atoms with Crippen molar-refractivity contribution in [1.29, 1.82) is 0 Å². The van der Waals surface area contributed by atoms with Gasteiger partial charge in [0.05, 0.1) is 16.9 Å². The lowest BCUT2D eigenvalue weighted by Crippen LogP contribution is -2.49. The molecule has 3 heterocycles. The normalized spacial score (nSPS) is 30.5. The van der Waals surface area contributed by atoms with Crippen LogP contribution in [0.25, 0.3) is 11.4 Å². The van der Waals surface area contributed by atoms with Gasteiger partial charge in [-0.05, 0) is 50.4 Å². The molecule has 5 N–H and O–H groups in total. The maximum atomic E-state index is 11.4. The Labute approximate surface area is 168 Å². The Bertz CT molecular complexity index is 960. The monoisotopic (exact) mass is 398 g/mol. The van der Waals surface area contributed by atoms with Crippen LogP contribution < -0.4 is 16.4 Å². The van der Waals surface area contributed by atoms with Crippen LogP contribution in [0.4, 0.5) is 11.5 Å². The maximum Gasteiger partial charge on any atom is 0.316 e. The van der Waals surface area contributed by atoms with Crippen LogP contribution >= 0.6 is 0 Å². The van der Waals surface area contributed by atoms with Gasteiger partial charge in [-0.2, -0.15) is 4.98 Å². The number of carbonyl (C=O) groups excluding carboxylic acids is 1. The second-order valence-electron chi connectivity index (χ2n) is 8.86. The predicted molar refractivity (Wildman–Crippen MR) is 106 cm³/mol. The Hall–Kier alpha value is -2.68. The first kappa shape index (κ1) is 18.4. The first-order valence-electron chi connectivity index (χ1n) is 10.3. The van der Waals surface area contributed by atoms with Gasteiger partial charge in [-0.15, -0.1) is 0 Å². The van der Waals surface area contributed by atoms with E-state index in [2.05, 4.69) is 32.7 Å². The van der Waals surface area contributed by atoms with Gasteiger partial charge in [-0.3, -0.25) is 4.79 Å². The average Bonchev–Trinajstić information content (AvgIpc) is 3.32. The van der Waals surface area contributed by atoms with Crippen molar-refractivity contribution in [2.75, 3.05) is 17.2 Å². The number of anilines is 2. The first-order chi connectivity index (χ1) is 13.9. The number of nitrogens with one attached hydrogen (secondary N) is 2. The molecule has 0 spiro atoms. The summed E-state index contributed by atoms with van der Waals surface area (Å²) in [6.45, 7) is 3.05. The molecule has 9 nitrogen and oxygen atoms in total. The molecule has 1 unspecified atom stereocenters. The molecule has 4 atom stereocenters. The standard InChI is InChI=1S/C20H26N6O3/c1-10-6-11-8-20(28,7-10)4-2-14(11)24-15-12-3-5-22-17(12)23-9-13(15)18-25-19(16(21)27)29-26-18/h9-11,14,28H,2-8H2,1H3,(H2,21,27)(H2,22,23,24)/t10?,11-,14-,20-/m0/s1. The number of pyridine rings is 1. The molecular formula is C20H26N6O3. The van der Waals surface area contributed by atoms with Crippen LogP contribution in [0.3, 0.4) is 0 Å². The molecule has 2 aliphatic carbocycles. The zero-order valence-electron chi connectivity index (χ0n) is 16.4. The van der Waals surface area contributed by atoms with E-state index < -0.39 is 11.5 Å². The topological polar surface area (TPSA) is 139 Å². The molecule has 1 amide bonds. The molecule has 1 aliphatic heterocycles. The highest BCUT2D eigenvalue weighted by Crippen LogP contribution is 2.47. The fourth-order valence-electron chi connectivity index (χ4n) is 5.47. The molecule has 0 saturated heterocycles. The number of carbonyl (C=O) groups is 1. The highest BCUT2D eigenvalue weighted by Gasteiger charge is 2.45. The van der Waals surface area contributed by atoms with Crippen LogP contribution in [0.5, 0.6) is 0 Å². The number of nitrogens with two attached hydrogens (primary N) is 1. The largest absolute Gasteiger partial charge is 0.390 e. The van der Waals surface area contributed by atoms with Gasteiger partial charge in [0.2, 0.25) is 5.82 Å². The second-order valence-corrected chi connectivity index (χ2v) is 8.86. The molecule has 0 aromatic carbocycles. The Balaban J connectivity index is 1.50. The lowest BCUT2D eigenvalue weighted by molar-refractivity contribution is -0.0677. The number of rotatable bonds is 4. The number of primary amides is 1. The Morgan fingerprint density at radius 3 is 3.10 bits per heavy atom.